The molecule has 1 aliphatic rings. The Morgan fingerprint density at radius 1 is 1.12 bits per heavy atom. The molecule has 1 fully saturated rings. The van der Waals surface area contributed by atoms with Gasteiger partial charge in [0, 0.05) is 18.2 Å². The van der Waals surface area contributed by atoms with Crippen molar-refractivity contribution >= 4 is 17.7 Å². The average molecular weight is 590 g/mol. The molecule has 1 heterocycles. The van der Waals surface area contributed by atoms with E-state index in [-0.39, 0.29) is 24.3 Å². The first kappa shape index (κ1) is 32.9. The van der Waals surface area contributed by atoms with Gasteiger partial charge in [-0.1, -0.05) is 51.1 Å². The molecule has 0 unspecified atom stereocenters. The lowest BCUT2D eigenvalue weighted by molar-refractivity contribution is -0.148. The summed E-state index contributed by atoms with van der Waals surface area (Å²) in [5, 5.41) is 27.0. The van der Waals surface area contributed by atoms with Gasteiger partial charge in [-0.25, -0.2) is 8.78 Å². The second-order valence-corrected chi connectivity index (χ2v) is 11.5. The molecule has 3 rings (SSSR count). The van der Waals surface area contributed by atoms with Gasteiger partial charge in [0.25, 0.3) is 17.7 Å². The number of aliphatic hydroxyl groups is 1. The number of nitrogens with zero attached hydrogens (tertiary/aromatic N) is 1. The fourth-order valence-corrected chi connectivity index (χ4v) is 5.29. The van der Waals surface area contributed by atoms with Gasteiger partial charge in [0.15, 0.2) is 6.10 Å². The molecular formula is C31H41F2N3O6. The molecule has 9 nitrogen and oxygen atoms in total. The van der Waals surface area contributed by atoms with E-state index in [4.69, 9.17) is 4.74 Å². The van der Waals surface area contributed by atoms with Crippen molar-refractivity contribution < 1.29 is 38.1 Å². The molecular weight excluding hydrogens is 548 g/mol. The molecule has 1 saturated heterocycles. The number of benzene rings is 2. The lowest BCUT2D eigenvalue weighted by Gasteiger charge is -2.35. The Bertz CT molecular complexity index is 1290. The van der Waals surface area contributed by atoms with Crippen LogP contribution in [0.15, 0.2) is 42.5 Å². The number of nitrogens with one attached hydrogen (secondary N) is 2. The predicted octanol–water partition coefficient (Wildman–Crippen LogP) is 3.12. The Morgan fingerprint density at radius 2 is 1.76 bits per heavy atom. The first-order chi connectivity index (χ1) is 19.6. The van der Waals surface area contributed by atoms with Crippen molar-refractivity contribution in [1.82, 2.24) is 15.5 Å². The third kappa shape index (κ3) is 6.90. The number of carbonyl (C=O) groups is 3. The molecule has 2 aromatic rings. The summed E-state index contributed by atoms with van der Waals surface area (Å²) >= 11 is 0. The summed E-state index contributed by atoms with van der Waals surface area (Å²) in [4.78, 5) is 41.2. The number of aliphatic hydroxyl groups excluding tert-OH is 1. The van der Waals surface area contributed by atoms with Crippen molar-refractivity contribution in [1.29, 1.82) is 0 Å². The number of methoxy groups -OCH3 is 1. The molecule has 0 saturated carbocycles. The molecule has 1 aliphatic heterocycles. The van der Waals surface area contributed by atoms with E-state index < -0.39 is 59.8 Å². The largest absolute Gasteiger partial charge is 0.508 e. The summed E-state index contributed by atoms with van der Waals surface area (Å²) < 4.78 is 35.7. The molecule has 0 aromatic heterocycles. The van der Waals surface area contributed by atoms with Crippen LogP contribution in [-0.4, -0.2) is 83.2 Å². The van der Waals surface area contributed by atoms with Gasteiger partial charge in [0.05, 0.1) is 30.7 Å². The van der Waals surface area contributed by atoms with E-state index in [9.17, 15) is 24.6 Å². The molecule has 11 heteroatoms. The zero-order valence-electron chi connectivity index (χ0n) is 24.9. The topological polar surface area (TPSA) is 128 Å². The standard InChI is InChI=1S/C31H41F2N3O6/c1-7-21(16-42-6)34-28(40)26-30(4,5)31(32,33)17-36(26)29(41)25(38)23(15-20-11-9-8-10-12-20)35-27(39)22-13-18(2)14-24(37)19(22)3/h8-14,21,23,25-26,37-38H,7,15-17H2,1-6H3,(H,34,40)(H,35,39)/t21-,23-,25-,26+/m0/s1. The highest BCUT2D eigenvalue weighted by Crippen LogP contribution is 2.48. The van der Waals surface area contributed by atoms with E-state index in [2.05, 4.69) is 10.6 Å². The van der Waals surface area contributed by atoms with E-state index >= 15 is 8.78 Å². The van der Waals surface area contributed by atoms with Gasteiger partial charge in [-0.05, 0) is 49.9 Å². The number of aromatic hydroxyl groups is 1. The van der Waals surface area contributed by atoms with Crippen LogP contribution in [0.2, 0.25) is 0 Å². The number of rotatable bonds is 11. The first-order valence-electron chi connectivity index (χ1n) is 13.9. The first-order valence-corrected chi connectivity index (χ1v) is 13.9. The van der Waals surface area contributed by atoms with Crippen LogP contribution >= 0.6 is 0 Å². The quantitative estimate of drug-likeness (QED) is 0.319. The van der Waals surface area contributed by atoms with Gasteiger partial charge in [-0.2, -0.15) is 0 Å². The van der Waals surface area contributed by atoms with E-state index in [0.29, 0.717) is 28.0 Å². The smallest absolute Gasteiger partial charge is 0.272 e. The second kappa shape index (κ2) is 13.2. The van der Waals surface area contributed by atoms with Crippen molar-refractivity contribution in [3.63, 3.8) is 0 Å². The van der Waals surface area contributed by atoms with E-state index in [1.165, 1.54) is 27.0 Å². The Labute approximate surface area is 245 Å². The van der Waals surface area contributed by atoms with E-state index in [1.54, 1.807) is 57.2 Å². The van der Waals surface area contributed by atoms with Crippen molar-refractivity contribution in [2.45, 2.75) is 77.6 Å². The monoisotopic (exact) mass is 589 g/mol. The molecule has 0 spiro atoms. The number of amides is 3. The molecule has 0 radical (unpaired) electrons. The van der Waals surface area contributed by atoms with Crippen molar-refractivity contribution in [3.05, 3.63) is 64.7 Å². The fraction of sp³-hybridized carbons (Fsp3) is 0.516. The lowest BCUT2D eigenvalue weighted by Crippen LogP contribution is -2.58. The van der Waals surface area contributed by atoms with Gasteiger partial charge < -0.3 is 30.5 Å². The van der Waals surface area contributed by atoms with Crippen LogP contribution in [0.1, 0.15) is 54.2 Å². The Kier molecular flexibility index (Phi) is 10.3. The maximum absolute atomic E-state index is 15.3. The van der Waals surface area contributed by atoms with Gasteiger partial charge >= 0.3 is 0 Å². The Morgan fingerprint density at radius 3 is 2.36 bits per heavy atom. The van der Waals surface area contributed by atoms with E-state index in [0.717, 1.165) is 0 Å². The number of hydrogen-bond donors (Lipinski definition) is 4. The average Bonchev–Trinajstić information content (AvgIpc) is 3.12. The molecule has 42 heavy (non-hydrogen) atoms. The van der Waals surface area contributed by atoms with Crippen LogP contribution < -0.4 is 10.6 Å². The molecule has 4 atom stereocenters. The molecule has 4 N–H and O–H groups in total. The lowest BCUT2D eigenvalue weighted by atomic mass is 9.81. The number of aryl methyl sites for hydroxylation is 1. The summed E-state index contributed by atoms with van der Waals surface area (Å²) in [5.74, 6) is -6.08. The Hall–Kier alpha value is -3.57. The number of carbonyl (C=O) groups excluding carboxylic acids is 3. The van der Waals surface area contributed by atoms with Gasteiger partial charge in [-0.15, -0.1) is 0 Å². The number of alkyl halides is 2. The maximum Gasteiger partial charge on any atom is 0.272 e. The minimum absolute atomic E-state index is 0.00737. The summed E-state index contributed by atoms with van der Waals surface area (Å²) in [5.41, 5.74) is -0.220. The third-order valence-electron chi connectivity index (χ3n) is 8.06. The highest BCUT2D eigenvalue weighted by atomic mass is 19.3. The van der Waals surface area contributed by atoms with Crippen molar-refractivity contribution in [2.24, 2.45) is 5.41 Å². The number of phenolic OH excluding ortho intramolecular Hbond substituents is 1. The number of likely N-dealkylation sites (tertiary alicyclic amines) is 1. The summed E-state index contributed by atoms with van der Waals surface area (Å²) in [7, 11) is 1.45. The van der Waals surface area contributed by atoms with Crippen molar-refractivity contribution in [2.75, 3.05) is 20.3 Å². The molecule has 230 valence electrons. The maximum atomic E-state index is 15.3. The van der Waals surface area contributed by atoms with Crippen LogP contribution in [-0.2, 0) is 20.7 Å². The van der Waals surface area contributed by atoms with Gasteiger partial charge in [-0.3, -0.25) is 14.4 Å². The SMILES string of the molecule is CC[C@@H](COC)NC(=O)[C@H]1N(C(=O)[C@@H](O)[C@H](Cc2ccccc2)NC(=O)c2cc(C)cc(O)c2C)CC(F)(F)C1(C)C. The zero-order chi connectivity index (χ0) is 31.4. The van der Waals surface area contributed by atoms with Crippen LogP contribution in [0, 0.1) is 19.3 Å². The van der Waals surface area contributed by atoms with Crippen LogP contribution in [0.5, 0.6) is 5.75 Å². The Balaban J connectivity index is 1.96. The van der Waals surface area contributed by atoms with Crippen LogP contribution in [0.4, 0.5) is 8.78 Å². The highest BCUT2D eigenvalue weighted by Gasteiger charge is 2.64. The molecule has 3 amide bonds. The summed E-state index contributed by atoms with van der Waals surface area (Å²) in [6, 6.07) is 8.52. The zero-order valence-corrected chi connectivity index (χ0v) is 24.9. The van der Waals surface area contributed by atoms with Crippen LogP contribution in [0.25, 0.3) is 0 Å². The number of hydrogen-bond acceptors (Lipinski definition) is 6. The summed E-state index contributed by atoms with van der Waals surface area (Å²) in [6.07, 6.45) is -1.50. The highest BCUT2D eigenvalue weighted by molar-refractivity contribution is 5.97. The second-order valence-electron chi connectivity index (χ2n) is 11.5. The van der Waals surface area contributed by atoms with E-state index in [1.807, 2.05) is 0 Å². The predicted molar refractivity (Wildman–Crippen MR) is 153 cm³/mol. The van der Waals surface area contributed by atoms with Gasteiger partial charge in [0.1, 0.15) is 11.8 Å². The molecule has 2 aromatic carbocycles. The fourth-order valence-electron chi connectivity index (χ4n) is 5.29. The summed E-state index contributed by atoms with van der Waals surface area (Å²) in [6.45, 7) is 6.56. The minimum Gasteiger partial charge on any atom is -0.508 e. The molecule has 0 aliphatic carbocycles. The third-order valence-corrected chi connectivity index (χ3v) is 8.06. The van der Waals surface area contributed by atoms with Crippen LogP contribution in [0.3, 0.4) is 0 Å². The number of phenols is 1. The minimum atomic E-state index is -3.44. The van der Waals surface area contributed by atoms with Gasteiger partial charge in [0.2, 0.25) is 5.91 Å². The normalized spacial score (nSPS) is 19.5. The molecule has 0 bridgehead atoms. The van der Waals surface area contributed by atoms with Crippen molar-refractivity contribution in [3.8, 4) is 5.75 Å². The number of ether oxygens (including phenoxy) is 1. The number of halogens is 2.